The largest absolute Gasteiger partial charge is 0.399 e. The van der Waals surface area contributed by atoms with Crippen LogP contribution in [-0.2, 0) is 13.6 Å². The van der Waals surface area contributed by atoms with Crippen molar-refractivity contribution in [3.63, 3.8) is 0 Å². The number of methoxy groups -OCH3 is 1. The van der Waals surface area contributed by atoms with Gasteiger partial charge in [-0.2, -0.15) is 0 Å². The maximum absolute atomic E-state index is 5.28. The van der Waals surface area contributed by atoms with Gasteiger partial charge in [-0.1, -0.05) is 13.3 Å². The molecule has 0 aliphatic rings. The summed E-state index contributed by atoms with van der Waals surface area (Å²) in [6.07, 6.45) is 2.33. The molecule has 3 nitrogen and oxygen atoms in total. The lowest BCUT2D eigenvalue weighted by molar-refractivity contribution is 0.130. The molecular formula is C7H18O3Si. The van der Waals surface area contributed by atoms with Gasteiger partial charge in [0.2, 0.25) is 0 Å². The lowest BCUT2D eigenvalue weighted by Gasteiger charge is -2.03. The molecular weight excluding hydrogens is 160 g/mol. The van der Waals surface area contributed by atoms with E-state index < -0.39 is 10.0 Å². The van der Waals surface area contributed by atoms with Crippen LogP contribution >= 0.6 is 0 Å². The topological polar surface area (TPSA) is 27.7 Å². The average molecular weight is 178 g/mol. The predicted octanol–water partition coefficient (Wildman–Crippen LogP) is 0.465. The maximum atomic E-state index is 5.28. The second-order valence-corrected chi connectivity index (χ2v) is 3.33. The van der Waals surface area contributed by atoms with E-state index in [1.54, 1.807) is 7.11 Å². The molecule has 0 atom stereocenters. The fourth-order valence-corrected chi connectivity index (χ4v) is 1.24. The maximum Gasteiger partial charge on any atom is 0.304 e. The third-order valence-electron chi connectivity index (χ3n) is 1.24. The third-order valence-corrected chi connectivity index (χ3v) is 2.15. The number of rotatable bonds is 8. The van der Waals surface area contributed by atoms with Crippen molar-refractivity contribution in [3.05, 3.63) is 0 Å². The summed E-state index contributed by atoms with van der Waals surface area (Å²) < 4.78 is 15.3. The van der Waals surface area contributed by atoms with Crippen molar-refractivity contribution >= 4 is 10.0 Å². The molecule has 0 saturated heterocycles. The predicted molar refractivity (Wildman–Crippen MR) is 47.2 cm³/mol. The molecule has 0 radical (unpaired) electrons. The summed E-state index contributed by atoms with van der Waals surface area (Å²) in [7, 11) is 0.960. The standard InChI is InChI=1S/C7H18O3Si/c1-3-4-5-9-11-10-7-6-8-2/h3-7,11H2,1-2H3. The molecule has 0 aromatic heterocycles. The van der Waals surface area contributed by atoms with Crippen LogP contribution in [0.15, 0.2) is 0 Å². The van der Waals surface area contributed by atoms with Crippen LogP contribution in [0.4, 0.5) is 0 Å². The molecule has 0 saturated carbocycles. The van der Waals surface area contributed by atoms with E-state index in [0.29, 0.717) is 13.2 Å². The zero-order valence-corrected chi connectivity index (χ0v) is 8.88. The fraction of sp³-hybridized carbons (Fsp3) is 1.00. The number of hydrogen-bond acceptors (Lipinski definition) is 3. The normalized spacial score (nSPS) is 11.5. The van der Waals surface area contributed by atoms with Crippen LogP contribution < -0.4 is 0 Å². The quantitative estimate of drug-likeness (QED) is 0.399. The van der Waals surface area contributed by atoms with Gasteiger partial charge >= 0.3 is 10.0 Å². The van der Waals surface area contributed by atoms with Crippen molar-refractivity contribution in [3.8, 4) is 0 Å². The zero-order valence-electron chi connectivity index (χ0n) is 7.47. The van der Waals surface area contributed by atoms with E-state index in [0.717, 1.165) is 13.0 Å². The zero-order chi connectivity index (χ0) is 8.36. The Morgan fingerprint density at radius 1 is 1.09 bits per heavy atom. The van der Waals surface area contributed by atoms with Gasteiger partial charge in [0.1, 0.15) is 0 Å². The van der Waals surface area contributed by atoms with Gasteiger partial charge in [-0.25, -0.2) is 0 Å². The van der Waals surface area contributed by atoms with E-state index in [1.165, 1.54) is 6.42 Å². The van der Waals surface area contributed by atoms with Crippen LogP contribution in [0.25, 0.3) is 0 Å². The molecule has 0 fully saturated rings. The van der Waals surface area contributed by atoms with Gasteiger partial charge in [-0.05, 0) is 6.42 Å². The summed E-state index contributed by atoms with van der Waals surface area (Å²) in [6, 6.07) is 0. The summed E-state index contributed by atoms with van der Waals surface area (Å²) in [5.74, 6) is 0. The Bertz CT molecular complexity index is 62.7. The minimum atomic E-state index is -0.709. The highest BCUT2D eigenvalue weighted by Gasteiger charge is 1.88. The highest BCUT2D eigenvalue weighted by atomic mass is 28.3. The fourth-order valence-electron chi connectivity index (χ4n) is 0.565. The molecule has 0 spiro atoms. The minimum absolute atomic E-state index is 0.671. The van der Waals surface area contributed by atoms with E-state index >= 15 is 0 Å². The van der Waals surface area contributed by atoms with E-state index in [4.69, 9.17) is 13.6 Å². The first-order chi connectivity index (χ1) is 5.41. The van der Waals surface area contributed by atoms with Crippen molar-refractivity contribution in [1.29, 1.82) is 0 Å². The Hall–Kier alpha value is 0.0969. The van der Waals surface area contributed by atoms with Crippen LogP contribution in [0.3, 0.4) is 0 Å². The highest BCUT2D eigenvalue weighted by molar-refractivity contribution is 6.17. The van der Waals surface area contributed by atoms with Crippen molar-refractivity contribution in [2.24, 2.45) is 0 Å². The first-order valence-corrected chi connectivity index (χ1v) is 5.21. The Morgan fingerprint density at radius 2 is 1.82 bits per heavy atom. The van der Waals surface area contributed by atoms with E-state index in [2.05, 4.69) is 6.92 Å². The highest BCUT2D eigenvalue weighted by Crippen LogP contribution is 1.86. The van der Waals surface area contributed by atoms with Crippen LogP contribution in [-0.4, -0.2) is 36.9 Å². The molecule has 0 amide bonds. The molecule has 0 aromatic rings. The first kappa shape index (κ1) is 11.1. The lowest BCUT2D eigenvalue weighted by Crippen LogP contribution is -2.09. The summed E-state index contributed by atoms with van der Waals surface area (Å²) in [4.78, 5) is 0. The van der Waals surface area contributed by atoms with Gasteiger partial charge < -0.3 is 13.6 Å². The number of hydrogen-bond donors (Lipinski definition) is 0. The lowest BCUT2D eigenvalue weighted by atomic mass is 10.4. The Kier molecular flexibility index (Phi) is 10.2. The number of unbranched alkanes of at least 4 members (excludes halogenated alkanes) is 1. The second-order valence-electron chi connectivity index (χ2n) is 2.28. The van der Waals surface area contributed by atoms with Gasteiger partial charge in [0, 0.05) is 13.7 Å². The van der Waals surface area contributed by atoms with Crippen molar-refractivity contribution in [1.82, 2.24) is 0 Å². The Balaban J connectivity index is 2.69. The smallest absolute Gasteiger partial charge is 0.304 e. The number of ether oxygens (including phenoxy) is 1. The Morgan fingerprint density at radius 3 is 2.45 bits per heavy atom. The van der Waals surface area contributed by atoms with Gasteiger partial charge in [-0.3, -0.25) is 0 Å². The molecule has 0 unspecified atom stereocenters. The van der Waals surface area contributed by atoms with Gasteiger partial charge in [-0.15, -0.1) is 0 Å². The molecule has 0 aliphatic carbocycles. The molecule has 0 rings (SSSR count). The van der Waals surface area contributed by atoms with E-state index in [1.807, 2.05) is 0 Å². The van der Waals surface area contributed by atoms with E-state index in [9.17, 15) is 0 Å². The molecule has 0 aromatic carbocycles. The summed E-state index contributed by atoms with van der Waals surface area (Å²) in [6.45, 7) is 4.35. The molecule has 0 N–H and O–H groups in total. The van der Waals surface area contributed by atoms with E-state index in [-0.39, 0.29) is 0 Å². The average Bonchev–Trinajstić information content (AvgIpc) is 2.03. The molecule has 11 heavy (non-hydrogen) atoms. The summed E-state index contributed by atoms with van der Waals surface area (Å²) in [5, 5.41) is 0. The van der Waals surface area contributed by atoms with Crippen LogP contribution in [0.5, 0.6) is 0 Å². The SMILES string of the molecule is CCCCO[SiH2]OCCOC. The second kappa shape index (κ2) is 10.1. The molecule has 0 aliphatic heterocycles. The van der Waals surface area contributed by atoms with Crippen molar-refractivity contribution < 1.29 is 13.6 Å². The first-order valence-electron chi connectivity index (χ1n) is 4.06. The van der Waals surface area contributed by atoms with Crippen LogP contribution in [0.1, 0.15) is 19.8 Å². The summed E-state index contributed by atoms with van der Waals surface area (Å²) >= 11 is 0. The van der Waals surface area contributed by atoms with Gasteiger partial charge in [0.25, 0.3) is 0 Å². The monoisotopic (exact) mass is 178 g/mol. The molecule has 4 heteroatoms. The summed E-state index contributed by atoms with van der Waals surface area (Å²) in [5.41, 5.74) is 0. The Labute approximate surface area is 71.1 Å². The van der Waals surface area contributed by atoms with Gasteiger partial charge in [0.05, 0.1) is 13.2 Å². The van der Waals surface area contributed by atoms with Crippen molar-refractivity contribution in [2.45, 2.75) is 19.8 Å². The molecule has 0 bridgehead atoms. The van der Waals surface area contributed by atoms with Gasteiger partial charge in [0.15, 0.2) is 0 Å². The van der Waals surface area contributed by atoms with Crippen molar-refractivity contribution in [2.75, 3.05) is 26.9 Å². The van der Waals surface area contributed by atoms with Crippen LogP contribution in [0.2, 0.25) is 0 Å². The van der Waals surface area contributed by atoms with Crippen LogP contribution in [0, 0.1) is 0 Å². The third kappa shape index (κ3) is 10.1. The minimum Gasteiger partial charge on any atom is -0.399 e. The molecule has 68 valence electrons. The molecule has 0 heterocycles.